The zero-order valence-electron chi connectivity index (χ0n) is 37.1. The number of esters is 2. The molecule has 14 nitrogen and oxygen atoms in total. The van der Waals surface area contributed by atoms with E-state index in [-0.39, 0.29) is 18.9 Å². The molecule has 0 radical (unpaired) electrons. The summed E-state index contributed by atoms with van der Waals surface area (Å²) in [5.74, 6) is 0.637. The van der Waals surface area contributed by atoms with Crippen LogP contribution in [0.1, 0.15) is 98.5 Å². The Balaban J connectivity index is 2.05. The topological polar surface area (TPSA) is 167 Å². The molecule has 0 saturated carbocycles. The maximum atomic E-state index is 12.1. The van der Waals surface area contributed by atoms with Crippen molar-refractivity contribution in [3.05, 3.63) is 94.6 Å². The number of hydrogen-bond acceptors (Lipinski definition) is 13. The molecular weight excluding hydrogens is 777 g/mol. The molecule has 0 N–H and O–H groups in total. The summed E-state index contributed by atoms with van der Waals surface area (Å²) in [5.41, 5.74) is 4.15. The van der Waals surface area contributed by atoms with Gasteiger partial charge in [0.25, 0.3) is 5.69 Å². The number of carbonyl (C=O) groups is 2. The van der Waals surface area contributed by atoms with E-state index in [0.29, 0.717) is 83.5 Å². The van der Waals surface area contributed by atoms with Gasteiger partial charge in [0.2, 0.25) is 0 Å². The first-order valence-electron chi connectivity index (χ1n) is 21.3. The normalized spacial score (nSPS) is 12.2. The van der Waals surface area contributed by atoms with Crippen molar-refractivity contribution in [3.63, 3.8) is 0 Å². The Kier molecular flexibility index (Phi) is 21.3. The monoisotopic (exact) mass is 840 g/mol. The summed E-state index contributed by atoms with van der Waals surface area (Å²) in [6.07, 6.45) is 8.34. The molecule has 0 fully saturated rings. The molecule has 0 aromatic heterocycles. The van der Waals surface area contributed by atoms with E-state index in [1.54, 1.807) is 38.1 Å². The number of ether oxygens (including phenoxy) is 4. The van der Waals surface area contributed by atoms with Gasteiger partial charge in [-0.25, -0.2) is 9.59 Å². The first-order valence-corrected chi connectivity index (χ1v) is 21.3. The van der Waals surface area contributed by atoms with E-state index >= 15 is 0 Å². The highest BCUT2D eigenvalue weighted by Gasteiger charge is 2.18. The summed E-state index contributed by atoms with van der Waals surface area (Å²) in [7, 11) is 0. The Morgan fingerprint density at radius 2 is 1.18 bits per heavy atom. The molecule has 0 bridgehead atoms. The minimum atomic E-state index is -0.481. The Bertz CT molecular complexity index is 1950. The molecule has 0 heterocycles. The molecule has 0 spiro atoms. The van der Waals surface area contributed by atoms with Gasteiger partial charge in [-0.2, -0.15) is 10.2 Å². The van der Waals surface area contributed by atoms with E-state index in [9.17, 15) is 19.7 Å². The van der Waals surface area contributed by atoms with Crippen molar-refractivity contribution >= 4 is 46.1 Å². The molecule has 0 aliphatic rings. The van der Waals surface area contributed by atoms with Crippen LogP contribution < -0.4 is 14.4 Å². The molecule has 330 valence electrons. The van der Waals surface area contributed by atoms with Crippen LogP contribution in [0, 0.1) is 28.9 Å². The molecule has 0 amide bonds. The van der Waals surface area contributed by atoms with Crippen molar-refractivity contribution in [2.75, 3.05) is 44.4 Å². The largest absolute Gasteiger partial charge is 0.491 e. The number of anilines is 1. The summed E-state index contributed by atoms with van der Waals surface area (Å²) >= 11 is 0. The van der Waals surface area contributed by atoms with Gasteiger partial charge in [-0.3, -0.25) is 10.1 Å². The minimum absolute atomic E-state index is 0.0370. The number of hydrogen-bond donors (Lipinski definition) is 0. The number of aryl methyl sites for hydroxylation is 1. The van der Waals surface area contributed by atoms with Crippen molar-refractivity contribution in [1.29, 1.82) is 0 Å². The van der Waals surface area contributed by atoms with E-state index in [4.69, 9.17) is 24.1 Å². The highest BCUT2D eigenvalue weighted by molar-refractivity contribution is 5.87. The standard InChI is InChI=1S/C47H64N6O8/c1-10-14-16-36(12-3)31-60-44-30-43(45(61-32-37(13-4)17-15-11-2)29-42(44)50-48-38-18-20-39(21-19-38)53(56)57)51-49-41-23-22-40(28-35(41)9)52(24-26-58-46(54)33(5)6)25-27-59-47(55)34(7)8/h18-23,28-30,36-37H,5,7,10-17,24-27,31-32H2,1-4,6,8-9H3/b50-48+,51-49+. The van der Waals surface area contributed by atoms with Crippen molar-refractivity contribution in [2.24, 2.45) is 32.3 Å². The quantitative estimate of drug-likeness (QED) is 0.0227. The Labute approximate surface area is 361 Å². The number of azo groups is 2. The van der Waals surface area contributed by atoms with Crippen LogP contribution in [-0.2, 0) is 19.1 Å². The molecular formula is C47H64N6O8. The number of unbranched alkanes of at least 4 members (excludes halogenated alkanes) is 2. The number of rotatable bonds is 28. The third-order valence-electron chi connectivity index (χ3n) is 10.1. The van der Waals surface area contributed by atoms with E-state index in [1.165, 1.54) is 12.1 Å². The summed E-state index contributed by atoms with van der Waals surface area (Å²) in [6.45, 7) is 22.9. The third-order valence-corrected chi connectivity index (χ3v) is 10.1. The van der Waals surface area contributed by atoms with E-state index in [2.05, 4.69) is 56.2 Å². The molecule has 0 aliphatic heterocycles. The predicted octanol–water partition coefficient (Wildman–Crippen LogP) is 13.0. The van der Waals surface area contributed by atoms with Crippen LogP contribution >= 0.6 is 0 Å². The SMILES string of the molecule is C=C(C)C(=O)OCCN(CCOC(=O)C(=C)C)c1ccc(/N=N/c2cc(OCC(CC)CCCC)c(/N=N/c3ccc([N+](=O)[O-])cc3)cc2OCC(CC)CCCC)c(C)c1. The maximum absolute atomic E-state index is 12.1. The maximum Gasteiger partial charge on any atom is 0.333 e. The predicted molar refractivity (Wildman–Crippen MR) is 240 cm³/mol. The van der Waals surface area contributed by atoms with Crippen LogP contribution in [0.4, 0.5) is 34.1 Å². The lowest BCUT2D eigenvalue weighted by atomic mass is 10.0. The lowest BCUT2D eigenvalue weighted by Crippen LogP contribution is -2.32. The number of nitro groups is 1. The Morgan fingerprint density at radius 1 is 0.705 bits per heavy atom. The minimum Gasteiger partial charge on any atom is -0.491 e. The van der Waals surface area contributed by atoms with Crippen LogP contribution in [-0.4, -0.2) is 56.4 Å². The average molecular weight is 841 g/mol. The van der Waals surface area contributed by atoms with Crippen LogP contribution in [0.5, 0.6) is 11.5 Å². The molecule has 61 heavy (non-hydrogen) atoms. The van der Waals surface area contributed by atoms with Crippen LogP contribution in [0.3, 0.4) is 0 Å². The lowest BCUT2D eigenvalue weighted by Gasteiger charge is -2.25. The van der Waals surface area contributed by atoms with E-state index in [0.717, 1.165) is 62.6 Å². The summed E-state index contributed by atoms with van der Waals surface area (Å²) < 4.78 is 23.7. The van der Waals surface area contributed by atoms with Gasteiger partial charge in [0.1, 0.15) is 36.1 Å². The fourth-order valence-corrected chi connectivity index (χ4v) is 6.06. The van der Waals surface area contributed by atoms with Gasteiger partial charge in [0, 0.05) is 41.1 Å². The molecule has 14 heteroatoms. The average Bonchev–Trinajstić information content (AvgIpc) is 3.25. The van der Waals surface area contributed by atoms with Crippen molar-refractivity contribution in [1.82, 2.24) is 0 Å². The Morgan fingerprint density at radius 3 is 1.61 bits per heavy atom. The first-order chi connectivity index (χ1) is 29.3. The van der Waals surface area contributed by atoms with Crippen molar-refractivity contribution in [3.8, 4) is 11.5 Å². The zero-order chi connectivity index (χ0) is 44.7. The van der Waals surface area contributed by atoms with Crippen molar-refractivity contribution in [2.45, 2.75) is 99.8 Å². The van der Waals surface area contributed by atoms with Crippen molar-refractivity contribution < 1.29 is 33.5 Å². The lowest BCUT2D eigenvalue weighted by molar-refractivity contribution is -0.384. The van der Waals surface area contributed by atoms with Gasteiger partial charge in [-0.15, -0.1) is 10.2 Å². The van der Waals surface area contributed by atoms with E-state index < -0.39 is 16.9 Å². The molecule has 3 aromatic rings. The highest BCUT2D eigenvalue weighted by Crippen LogP contribution is 2.42. The van der Waals surface area contributed by atoms with Gasteiger partial charge in [-0.1, -0.05) is 79.4 Å². The molecule has 0 aliphatic carbocycles. The summed E-state index contributed by atoms with van der Waals surface area (Å²) in [5, 5.41) is 29.6. The van der Waals surface area contributed by atoms with Gasteiger partial charge in [0.15, 0.2) is 0 Å². The highest BCUT2D eigenvalue weighted by atomic mass is 16.6. The van der Waals surface area contributed by atoms with Crippen LogP contribution in [0.2, 0.25) is 0 Å². The number of non-ortho nitro benzene ring substituents is 1. The third kappa shape index (κ3) is 16.9. The second-order valence-electron chi connectivity index (χ2n) is 15.2. The van der Waals surface area contributed by atoms with Gasteiger partial charge >= 0.3 is 11.9 Å². The van der Waals surface area contributed by atoms with Crippen LogP contribution in [0.15, 0.2) is 99.4 Å². The van der Waals surface area contributed by atoms with Gasteiger partial charge in [-0.05, 0) is 81.3 Å². The number of nitrogens with zero attached hydrogens (tertiary/aromatic N) is 6. The fourth-order valence-electron chi connectivity index (χ4n) is 6.06. The molecule has 0 saturated heterocycles. The number of nitro benzene ring substituents is 1. The molecule has 3 rings (SSSR count). The van der Waals surface area contributed by atoms with Gasteiger partial charge in [0.05, 0.1) is 42.6 Å². The molecule has 3 aromatic carbocycles. The van der Waals surface area contributed by atoms with Gasteiger partial charge < -0.3 is 23.8 Å². The number of carbonyl (C=O) groups excluding carboxylic acids is 2. The first kappa shape index (κ1) is 49.4. The molecule has 2 unspecified atom stereocenters. The fraction of sp³-hybridized carbons (Fsp3) is 0.489. The molecule has 2 atom stereocenters. The van der Waals surface area contributed by atoms with E-state index in [1.807, 2.05) is 30.0 Å². The number of benzene rings is 3. The Hall–Kier alpha value is -5.92. The second kappa shape index (κ2) is 26.3. The smallest absolute Gasteiger partial charge is 0.333 e. The summed E-state index contributed by atoms with van der Waals surface area (Å²) in [6, 6.07) is 15.1. The van der Waals surface area contributed by atoms with Crippen LogP contribution in [0.25, 0.3) is 0 Å². The second-order valence-corrected chi connectivity index (χ2v) is 15.2. The zero-order valence-corrected chi connectivity index (χ0v) is 37.1. The summed E-state index contributed by atoms with van der Waals surface area (Å²) in [4.78, 5) is 36.9.